The Labute approximate surface area is 121 Å². The molecule has 1 aromatic rings. The SMILES string of the molecule is CC(C)CC(=O)NCC1(c2ccccc2)CCOCC1. The van der Waals surface area contributed by atoms with Crippen LogP contribution in [-0.4, -0.2) is 25.7 Å². The van der Waals surface area contributed by atoms with Gasteiger partial charge in [-0.05, 0) is 24.3 Å². The summed E-state index contributed by atoms with van der Waals surface area (Å²) in [5, 5.41) is 3.13. The van der Waals surface area contributed by atoms with Gasteiger partial charge in [0.2, 0.25) is 5.91 Å². The number of benzene rings is 1. The summed E-state index contributed by atoms with van der Waals surface area (Å²) in [4.78, 5) is 11.9. The Balaban J connectivity index is 2.06. The van der Waals surface area contributed by atoms with Crippen LogP contribution in [0.2, 0.25) is 0 Å². The molecule has 1 heterocycles. The third-order valence-corrected chi connectivity index (χ3v) is 4.05. The summed E-state index contributed by atoms with van der Waals surface area (Å²) >= 11 is 0. The molecule has 1 fully saturated rings. The van der Waals surface area contributed by atoms with Crippen LogP contribution in [0.3, 0.4) is 0 Å². The number of ether oxygens (including phenoxy) is 1. The first-order chi connectivity index (χ1) is 9.62. The molecule has 0 aromatic heterocycles. The fourth-order valence-corrected chi connectivity index (χ4v) is 2.83. The van der Waals surface area contributed by atoms with Crippen molar-refractivity contribution in [3.63, 3.8) is 0 Å². The van der Waals surface area contributed by atoms with Crippen LogP contribution >= 0.6 is 0 Å². The van der Waals surface area contributed by atoms with Gasteiger partial charge in [0.05, 0.1) is 0 Å². The van der Waals surface area contributed by atoms with E-state index in [0.717, 1.165) is 26.1 Å². The summed E-state index contributed by atoms with van der Waals surface area (Å²) in [7, 11) is 0. The summed E-state index contributed by atoms with van der Waals surface area (Å²) in [6.07, 6.45) is 2.54. The average Bonchev–Trinajstić information content (AvgIpc) is 2.46. The van der Waals surface area contributed by atoms with Gasteiger partial charge in [0.15, 0.2) is 0 Å². The number of rotatable bonds is 5. The molecule has 1 N–H and O–H groups in total. The number of amides is 1. The van der Waals surface area contributed by atoms with E-state index in [9.17, 15) is 4.79 Å². The van der Waals surface area contributed by atoms with Crippen LogP contribution in [-0.2, 0) is 14.9 Å². The normalized spacial score (nSPS) is 17.9. The molecule has 1 aliphatic heterocycles. The second-order valence-corrected chi connectivity index (χ2v) is 6.13. The highest BCUT2D eigenvalue weighted by Crippen LogP contribution is 2.34. The highest BCUT2D eigenvalue weighted by Gasteiger charge is 2.34. The van der Waals surface area contributed by atoms with Gasteiger partial charge in [-0.15, -0.1) is 0 Å². The van der Waals surface area contributed by atoms with Crippen molar-refractivity contribution in [1.82, 2.24) is 5.32 Å². The molecular formula is C17H25NO2. The van der Waals surface area contributed by atoms with Crippen molar-refractivity contribution in [2.75, 3.05) is 19.8 Å². The van der Waals surface area contributed by atoms with Crippen molar-refractivity contribution in [2.45, 2.75) is 38.5 Å². The Morgan fingerprint density at radius 2 is 1.90 bits per heavy atom. The lowest BCUT2D eigenvalue weighted by atomic mass is 9.74. The van der Waals surface area contributed by atoms with Crippen LogP contribution in [0.15, 0.2) is 30.3 Å². The minimum atomic E-state index is 0.0339. The molecule has 1 aliphatic rings. The molecule has 3 heteroatoms. The summed E-state index contributed by atoms with van der Waals surface area (Å²) in [6, 6.07) is 10.5. The van der Waals surface area contributed by atoms with Crippen LogP contribution in [0.5, 0.6) is 0 Å². The molecule has 110 valence electrons. The number of hydrogen-bond donors (Lipinski definition) is 1. The van der Waals surface area contributed by atoms with Gasteiger partial charge in [-0.2, -0.15) is 0 Å². The van der Waals surface area contributed by atoms with Gasteiger partial charge in [0.25, 0.3) is 0 Å². The molecule has 2 rings (SSSR count). The van der Waals surface area contributed by atoms with Crippen LogP contribution in [0.25, 0.3) is 0 Å². The largest absolute Gasteiger partial charge is 0.381 e. The minimum Gasteiger partial charge on any atom is -0.381 e. The quantitative estimate of drug-likeness (QED) is 0.897. The Kier molecular flexibility index (Phi) is 5.18. The van der Waals surface area contributed by atoms with Gasteiger partial charge >= 0.3 is 0 Å². The molecule has 0 radical (unpaired) electrons. The zero-order chi connectivity index (χ0) is 14.4. The van der Waals surface area contributed by atoms with E-state index in [4.69, 9.17) is 4.74 Å². The molecule has 20 heavy (non-hydrogen) atoms. The smallest absolute Gasteiger partial charge is 0.220 e. The first-order valence-electron chi connectivity index (χ1n) is 7.52. The van der Waals surface area contributed by atoms with Crippen LogP contribution in [0.1, 0.15) is 38.7 Å². The third-order valence-electron chi connectivity index (χ3n) is 4.05. The molecule has 0 atom stereocenters. The molecule has 0 bridgehead atoms. The molecule has 3 nitrogen and oxygen atoms in total. The predicted octanol–water partition coefficient (Wildman–Crippen LogP) is 2.90. The Morgan fingerprint density at radius 1 is 1.25 bits per heavy atom. The van der Waals surface area contributed by atoms with Gasteiger partial charge in [0.1, 0.15) is 0 Å². The number of hydrogen-bond acceptors (Lipinski definition) is 2. The molecular weight excluding hydrogens is 250 g/mol. The summed E-state index contributed by atoms with van der Waals surface area (Å²) < 4.78 is 5.50. The topological polar surface area (TPSA) is 38.3 Å². The number of carbonyl (C=O) groups is 1. The fourth-order valence-electron chi connectivity index (χ4n) is 2.83. The van der Waals surface area contributed by atoms with E-state index >= 15 is 0 Å². The van der Waals surface area contributed by atoms with Crippen molar-refractivity contribution < 1.29 is 9.53 Å². The zero-order valence-corrected chi connectivity index (χ0v) is 12.5. The Morgan fingerprint density at radius 3 is 2.50 bits per heavy atom. The molecule has 1 aromatic carbocycles. The molecule has 1 amide bonds. The van der Waals surface area contributed by atoms with E-state index in [1.54, 1.807) is 0 Å². The third kappa shape index (κ3) is 3.83. The van der Waals surface area contributed by atoms with E-state index in [0.29, 0.717) is 18.9 Å². The highest BCUT2D eigenvalue weighted by atomic mass is 16.5. The van der Waals surface area contributed by atoms with Crippen molar-refractivity contribution in [2.24, 2.45) is 5.92 Å². The molecule has 0 spiro atoms. The Hall–Kier alpha value is -1.35. The van der Waals surface area contributed by atoms with Gasteiger partial charge in [-0.25, -0.2) is 0 Å². The number of carbonyl (C=O) groups excluding carboxylic acids is 1. The predicted molar refractivity (Wildman–Crippen MR) is 80.6 cm³/mol. The van der Waals surface area contributed by atoms with E-state index in [1.165, 1.54) is 5.56 Å². The minimum absolute atomic E-state index is 0.0339. The van der Waals surface area contributed by atoms with Crippen LogP contribution < -0.4 is 5.32 Å². The van der Waals surface area contributed by atoms with E-state index in [1.807, 2.05) is 6.07 Å². The second kappa shape index (κ2) is 6.89. The van der Waals surface area contributed by atoms with Gasteiger partial charge in [-0.3, -0.25) is 4.79 Å². The second-order valence-electron chi connectivity index (χ2n) is 6.13. The summed E-state index contributed by atoms with van der Waals surface area (Å²) in [5.74, 6) is 0.555. The molecule has 0 aliphatic carbocycles. The van der Waals surface area contributed by atoms with Gasteiger partial charge in [-0.1, -0.05) is 44.2 Å². The van der Waals surface area contributed by atoms with E-state index in [-0.39, 0.29) is 11.3 Å². The van der Waals surface area contributed by atoms with E-state index in [2.05, 4.69) is 43.4 Å². The first kappa shape index (κ1) is 15.0. The van der Waals surface area contributed by atoms with Crippen LogP contribution in [0.4, 0.5) is 0 Å². The van der Waals surface area contributed by atoms with Crippen molar-refractivity contribution in [1.29, 1.82) is 0 Å². The lowest BCUT2D eigenvalue weighted by Crippen LogP contribution is -2.44. The summed E-state index contributed by atoms with van der Waals surface area (Å²) in [6.45, 7) is 6.40. The van der Waals surface area contributed by atoms with Crippen molar-refractivity contribution in [3.05, 3.63) is 35.9 Å². The van der Waals surface area contributed by atoms with E-state index < -0.39 is 0 Å². The highest BCUT2D eigenvalue weighted by molar-refractivity contribution is 5.76. The molecule has 1 saturated heterocycles. The first-order valence-corrected chi connectivity index (χ1v) is 7.52. The number of nitrogens with one attached hydrogen (secondary N) is 1. The monoisotopic (exact) mass is 275 g/mol. The maximum atomic E-state index is 11.9. The lowest BCUT2D eigenvalue weighted by Gasteiger charge is -2.38. The fraction of sp³-hybridized carbons (Fsp3) is 0.588. The van der Waals surface area contributed by atoms with Gasteiger partial charge in [0, 0.05) is 31.6 Å². The average molecular weight is 275 g/mol. The van der Waals surface area contributed by atoms with Crippen LogP contribution in [0, 0.1) is 5.92 Å². The van der Waals surface area contributed by atoms with Crippen molar-refractivity contribution in [3.8, 4) is 0 Å². The Bertz CT molecular complexity index is 422. The summed E-state index contributed by atoms with van der Waals surface area (Å²) in [5.41, 5.74) is 1.35. The maximum Gasteiger partial charge on any atom is 0.220 e. The maximum absolute atomic E-state index is 11.9. The molecule has 0 unspecified atom stereocenters. The van der Waals surface area contributed by atoms with Crippen molar-refractivity contribution >= 4 is 5.91 Å². The zero-order valence-electron chi connectivity index (χ0n) is 12.5. The standard InChI is InChI=1S/C17H25NO2/c1-14(2)12-16(19)18-13-17(8-10-20-11-9-17)15-6-4-3-5-7-15/h3-7,14H,8-13H2,1-2H3,(H,18,19). The molecule has 0 saturated carbocycles. The lowest BCUT2D eigenvalue weighted by molar-refractivity contribution is -0.122. The van der Waals surface area contributed by atoms with Gasteiger partial charge < -0.3 is 10.1 Å².